The number of rotatable bonds is 6. The van der Waals surface area contributed by atoms with Gasteiger partial charge in [-0.2, -0.15) is 0 Å². The van der Waals surface area contributed by atoms with E-state index >= 15 is 0 Å². The molecule has 0 amide bonds. The molecule has 0 saturated heterocycles. The van der Waals surface area contributed by atoms with Gasteiger partial charge in [-0.1, -0.05) is 25.7 Å². The zero-order valence-corrected chi connectivity index (χ0v) is 11.2. The summed E-state index contributed by atoms with van der Waals surface area (Å²) in [6, 6.07) is 0. The van der Waals surface area contributed by atoms with Crippen molar-refractivity contribution in [3.05, 3.63) is 24.8 Å². The number of hydrogen-bond acceptors (Lipinski definition) is 4. The molecular weight excluding hydrogens is 264 g/mol. The molecule has 1 rings (SSSR count). The highest BCUT2D eigenvalue weighted by Gasteiger charge is 2.55. The number of aliphatic carboxylic acids is 2. The minimum atomic E-state index is -1.74. The number of hydrogen-bond donors (Lipinski definition) is 2. The van der Waals surface area contributed by atoms with Gasteiger partial charge in [0.25, 0.3) is 0 Å². The molecule has 2 N–H and O–H groups in total. The first-order valence-electron chi connectivity index (χ1n) is 6.37. The van der Waals surface area contributed by atoms with E-state index in [1.807, 2.05) is 0 Å². The first kappa shape index (κ1) is 15.9. The van der Waals surface area contributed by atoms with Crippen molar-refractivity contribution in [2.75, 3.05) is 0 Å². The van der Waals surface area contributed by atoms with Crippen LogP contribution in [0.1, 0.15) is 26.2 Å². The van der Waals surface area contributed by atoms with E-state index < -0.39 is 35.3 Å². The van der Waals surface area contributed by atoms with Crippen molar-refractivity contribution < 1.29 is 29.3 Å². The van der Waals surface area contributed by atoms with Crippen LogP contribution in [0.4, 0.5) is 0 Å². The molecule has 1 aliphatic rings. The van der Waals surface area contributed by atoms with Gasteiger partial charge in [-0.3, -0.25) is 9.59 Å². The molecule has 3 unspecified atom stereocenters. The Morgan fingerprint density at radius 1 is 1.50 bits per heavy atom. The first-order chi connectivity index (χ1) is 9.40. The van der Waals surface area contributed by atoms with Crippen molar-refractivity contribution in [1.82, 2.24) is 0 Å². The summed E-state index contributed by atoms with van der Waals surface area (Å²) in [6.45, 7) is 4.90. The molecule has 0 radical (unpaired) electrons. The fourth-order valence-electron chi connectivity index (χ4n) is 2.62. The Hall–Kier alpha value is -2.11. The Morgan fingerprint density at radius 2 is 2.15 bits per heavy atom. The maximum absolute atomic E-state index is 11.7. The third-order valence-corrected chi connectivity index (χ3v) is 3.59. The summed E-state index contributed by atoms with van der Waals surface area (Å²) in [5, 5.41) is 18.9. The van der Waals surface area contributed by atoms with E-state index in [2.05, 4.69) is 6.58 Å². The van der Waals surface area contributed by atoms with E-state index in [1.165, 1.54) is 6.08 Å². The predicted octanol–water partition coefficient (Wildman–Crippen LogP) is 1.62. The van der Waals surface area contributed by atoms with Crippen LogP contribution < -0.4 is 0 Å². The van der Waals surface area contributed by atoms with Crippen LogP contribution in [0.15, 0.2) is 24.8 Å². The SMILES string of the molecule is C=CC(=O)OC(CC)C1(C(=O)O)C=CCCC1C(=O)O. The lowest BCUT2D eigenvalue weighted by molar-refractivity contribution is -0.175. The summed E-state index contributed by atoms with van der Waals surface area (Å²) in [4.78, 5) is 34.5. The van der Waals surface area contributed by atoms with E-state index in [0.717, 1.165) is 6.08 Å². The molecule has 20 heavy (non-hydrogen) atoms. The van der Waals surface area contributed by atoms with E-state index in [0.29, 0.717) is 6.42 Å². The lowest BCUT2D eigenvalue weighted by Gasteiger charge is -2.39. The number of carbonyl (C=O) groups is 3. The second-order valence-corrected chi connectivity index (χ2v) is 4.65. The maximum atomic E-state index is 11.7. The molecule has 0 aromatic carbocycles. The van der Waals surface area contributed by atoms with E-state index in [-0.39, 0.29) is 12.8 Å². The van der Waals surface area contributed by atoms with Crippen LogP contribution >= 0.6 is 0 Å². The summed E-state index contributed by atoms with van der Waals surface area (Å²) in [5.74, 6) is -4.40. The zero-order chi connectivity index (χ0) is 15.3. The molecule has 6 heteroatoms. The minimum absolute atomic E-state index is 0.194. The van der Waals surface area contributed by atoms with Crippen molar-refractivity contribution in [3.8, 4) is 0 Å². The van der Waals surface area contributed by atoms with Gasteiger partial charge in [-0.15, -0.1) is 0 Å². The Bertz CT molecular complexity index is 453. The van der Waals surface area contributed by atoms with E-state index in [9.17, 15) is 24.6 Å². The van der Waals surface area contributed by atoms with Crippen molar-refractivity contribution in [2.24, 2.45) is 11.3 Å². The predicted molar refractivity (Wildman–Crippen MR) is 69.9 cm³/mol. The van der Waals surface area contributed by atoms with Gasteiger partial charge in [0.2, 0.25) is 0 Å². The molecule has 0 aromatic rings. The normalized spacial score (nSPS) is 26.6. The summed E-state index contributed by atoms with van der Waals surface area (Å²) >= 11 is 0. The van der Waals surface area contributed by atoms with Crippen LogP contribution in [0.2, 0.25) is 0 Å². The van der Waals surface area contributed by atoms with Crippen LogP contribution in [0.25, 0.3) is 0 Å². The fourth-order valence-corrected chi connectivity index (χ4v) is 2.62. The highest BCUT2D eigenvalue weighted by Crippen LogP contribution is 2.43. The third-order valence-electron chi connectivity index (χ3n) is 3.59. The molecule has 0 saturated carbocycles. The van der Waals surface area contributed by atoms with Crippen LogP contribution in [0.3, 0.4) is 0 Å². The summed E-state index contributed by atoms with van der Waals surface area (Å²) < 4.78 is 5.08. The fraction of sp³-hybridized carbons (Fsp3) is 0.500. The van der Waals surface area contributed by atoms with Gasteiger partial charge in [-0.05, 0) is 19.3 Å². The average molecular weight is 282 g/mol. The average Bonchev–Trinajstić information content (AvgIpc) is 2.43. The lowest BCUT2D eigenvalue weighted by Crippen LogP contribution is -2.52. The van der Waals surface area contributed by atoms with E-state index in [4.69, 9.17) is 4.74 Å². The standard InChI is InChI=1S/C14H18O6/c1-3-10(20-11(15)4-2)14(13(18)19)8-6-5-7-9(14)12(16)17/h4,6,8-10H,2-3,5,7H2,1H3,(H,16,17)(H,18,19). The lowest BCUT2D eigenvalue weighted by atomic mass is 9.65. The Balaban J connectivity index is 3.29. The smallest absolute Gasteiger partial charge is 0.330 e. The van der Waals surface area contributed by atoms with Gasteiger partial charge >= 0.3 is 17.9 Å². The summed E-state index contributed by atoms with van der Waals surface area (Å²) in [7, 11) is 0. The van der Waals surface area contributed by atoms with Crippen LogP contribution in [-0.4, -0.2) is 34.2 Å². The van der Waals surface area contributed by atoms with Crippen LogP contribution in [0.5, 0.6) is 0 Å². The summed E-state index contributed by atoms with van der Waals surface area (Å²) in [5.41, 5.74) is -1.74. The number of esters is 1. The van der Waals surface area contributed by atoms with Crippen molar-refractivity contribution in [1.29, 1.82) is 0 Å². The highest BCUT2D eigenvalue weighted by molar-refractivity contribution is 5.87. The largest absolute Gasteiger partial charge is 0.481 e. The van der Waals surface area contributed by atoms with Gasteiger partial charge in [0.15, 0.2) is 0 Å². The molecule has 0 heterocycles. The first-order valence-corrected chi connectivity index (χ1v) is 6.37. The molecule has 0 aromatic heterocycles. The molecular formula is C14H18O6. The Kier molecular flexibility index (Phi) is 5.07. The molecule has 3 atom stereocenters. The van der Waals surface area contributed by atoms with Gasteiger partial charge in [0.05, 0.1) is 5.92 Å². The maximum Gasteiger partial charge on any atom is 0.330 e. The van der Waals surface area contributed by atoms with Crippen LogP contribution in [-0.2, 0) is 19.1 Å². The molecule has 0 spiro atoms. The molecule has 0 bridgehead atoms. The number of ether oxygens (including phenoxy) is 1. The highest BCUT2D eigenvalue weighted by atomic mass is 16.5. The van der Waals surface area contributed by atoms with Crippen molar-refractivity contribution in [3.63, 3.8) is 0 Å². The van der Waals surface area contributed by atoms with Crippen molar-refractivity contribution in [2.45, 2.75) is 32.3 Å². The van der Waals surface area contributed by atoms with Gasteiger partial charge < -0.3 is 14.9 Å². The number of allylic oxidation sites excluding steroid dienone is 1. The number of carboxylic acid groups (broad SMARTS) is 2. The van der Waals surface area contributed by atoms with Crippen molar-refractivity contribution >= 4 is 17.9 Å². The van der Waals surface area contributed by atoms with E-state index in [1.54, 1.807) is 13.0 Å². The topological polar surface area (TPSA) is 101 Å². The Labute approximate surface area is 116 Å². The third kappa shape index (κ3) is 2.74. The quantitative estimate of drug-likeness (QED) is 0.436. The van der Waals surface area contributed by atoms with Gasteiger partial charge in [0, 0.05) is 6.08 Å². The Morgan fingerprint density at radius 3 is 2.60 bits per heavy atom. The monoisotopic (exact) mass is 282 g/mol. The molecule has 110 valence electrons. The molecule has 0 aliphatic heterocycles. The number of carboxylic acids is 2. The van der Waals surface area contributed by atoms with Gasteiger partial charge in [0.1, 0.15) is 11.5 Å². The van der Waals surface area contributed by atoms with Gasteiger partial charge in [-0.25, -0.2) is 4.79 Å². The molecule has 0 fully saturated rings. The second-order valence-electron chi connectivity index (χ2n) is 4.65. The molecule has 6 nitrogen and oxygen atoms in total. The number of carbonyl (C=O) groups excluding carboxylic acids is 1. The van der Waals surface area contributed by atoms with Crippen LogP contribution in [0, 0.1) is 11.3 Å². The molecule has 1 aliphatic carbocycles. The summed E-state index contributed by atoms with van der Waals surface area (Å²) in [6.07, 6.45) is 3.72. The minimum Gasteiger partial charge on any atom is -0.481 e. The zero-order valence-electron chi connectivity index (χ0n) is 11.2. The second kappa shape index (κ2) is 6.36.